The molecule has 1 heterocycles. The first-order valence-electron chi connectivity index (χ1n) is 4.80. The summed E-state index contributed by atoms with van der Waals surface area (Å²) in [6.45, 7) is 0. The SMILES string of the molecule is O=C1CS/C(=N/NC2=CCCCC2)N1. The molecule has 0 unspecified atom stereocenters. The summed E-state index contributed by atoms with van der Waals surface area (Å²) < 4.78 is 0. The molecule has 0 saturated carbocycles. The van der Waals surface area contributed by atoms with Gasteiger partial charge in [0.25, 0.3) is 0 Å². The largest absolute Gasteiger partial charge is 0.303 e. The number of rotatable bonds is 2. The van der Waals surface area contributed by atoms with E-state index in [2.05, 4.69) is 21.9 Å². The van der Waals surface area contributed by atoms with Gasteiger partial charge in [0.05, 0.1) is 5.75 Å². The third-order valence-corrected chi connectivity index (χ3v) is 3.05. The molecule has 1 aliphatic carbocycles. The Morgan fingerprint density at radius 2 is 2.43 bits per heavy atom. The van der Waals surface area contributed by atoms with Crippen molar-refractivity contribution in [3.05, 3.63) is 11.8 Å². The minimum Gasteiger partial charge on any atom is -0.303 e. The maximum Gasteiger partial charge on any atom is 0.236 e. The molecule has 0 radical (unpaired) electrons. The van der Waals surface area contributed by atoms with Gasteiger partial charge in [-0.25, -0.2) is 0 Å². The van der Waals surface area contributed by atoms with Gasteiger partial charge in [0.15, 0.2) is 5.17 Å². The van der Waals surface area contributed by atoms with E-state index in [1.54, 1.807) is 0 Å². The van der Waals surface area contributed by atoms with Crippen LogP contribution in [0.15, 0.2) is 16.9 Å². The molecule has 76 valence electrons. The van der Waals surface area contributed by atoms with Gasteiger partial charge in [0, 0.05) is 5.70 Å². The maximum atomic E-state index is 10.8. The van der Waals surface area contributed by atoms with Crippen LogP contribution in [0.3, 0.4) is 0 Å². The highest BCUT2D eigenvalue weighted by Crippen LogP contribution is 2.15. The summed E-state index contributed by atoms with van der Waals surface area (Å²) in [5.41, 5.74) is 4.17. The Kier molecular flexibility index (Phi) is 3.08. The molecule has 4 nitrogen and oxygen atoms in total. The second-order valence-electron chi connectivity index (χ2n) is 3.34. The number of thioether (sulfide) groups is 1. The van der Waals surface area contributed by atoms with Crippen LogP contribution in [0.2, 0.25) is 0 Å². The molecule has 1 amide bonds. The summed E-state index contributed by atoms with van der Waals surface area (Å²) in [7, 11) is 0. The number of nitrogens with one attached hydrogen (secondary N) is 2. The van der Waals surface area contributed by atoms with Crippen molar-refractivity contribution in [3.8, 4) is 0 Å². The highest BCUT2D eigenvalue weighted by Gasteiger charge is 2.16. The zero-order valence-electron chi connectivity index (χ0n) is 7.88. The van der Waals surface area contributed by atoms with Gasteiger partial charge in [0.2, 0.25) is 5.91 Å². The lowest BCUT2D eigenvalue weighted by molar-refractivity contribution is -0.116. The van der Waals surface area contributed by atoms with E-state index in [4.69, 9.17) is 0 Å². The Morgan fingerprint density at radius 3 is 3.07 bits per heavy atom. The number of allylic oxidation sites excluding steroid dienone is 2. The molecule has 14 heavy (non-hydrogen) atoms. The minimum atomic E-state index is 0.0353. The Hall–Kier alpha value is -0.970. The predicted octanol–water partition coefficient (Wildman–Crippen LogP) is 1.17. The average Bonchev–Trinajstić information content (AvgIpc) is 2.63. The first-order chi connectivity index (χ1) is 6.84. The van der Waals surface area contributed by atoms with E-state index < -0.39 is 0 Å². The van der Waals surface area contributed by atoms with Crippen LogP contribution >= 0.6 is 11.8 Å². The lowest BCUT2D eigenvalue weighted by Crippen LogP contribution is -2.22. The van der Waals surface area contributed by atoms with E-state index >= 15 is 0 Å². The lowest BCUT2D eigenvalue weighted by atomic mass is 10.1. The summed E-state index contributed by atoms with van der Waals surface area (Å²) in [6, 6.07) is 0. The third-order valence-electron chi connectivity index (χ3n) is 2.18. The van der Waals surface area contributed by atoms with Crippen molar-refractivity contribution in [1.29, 1.82) is 0 Å². The van der Waals surface area contributed by atoms with Crippen LogP contribution in [-0.2, 0) is 4.79 Å². The average molecular weight is 211 g/mol. The number of amidine groups is 1. The van der Waals surface area contributed by atoms with E-state index in [0.29, 0.717) is 10.9 Å². The van der Waals surface area contributed by atoms with Crippen LogP contribution in [0.5, 0.6) is 0 Å². The Bertz CT molecular complexity index is 298. The summed E-state index contributed by atoms with van der Waals surface area (Å²) in [5, 5.41) is 7.49. The molecule has 1 aliphatic heterocycles. The number of hydrogen-bond acceptors (Lipinski definition) is 4. The molecule has 5 heteroatoms. The third kappa shape index (κ3) is 2.51. The summed E-state index contributed by atoms with van der Waals surface area (Å²) >= 11 is 1.44. The molecule has 2 N–H and O–H groups in total. The van der Waals surface area contributed by atoms with E-state index in [1.807, 2.05) is 0 Å². The van der Waals surface area contributed by atoms with Crippen molar-refractivity contribution in [2.45, 2.75) is 25.7 Å². The van der Waals surface area contributed by atoms with Gasteiger partial charge >= 0.3 is 0 Å². The number of carbonyl (C=O) groups excluding carboxylic acids is 1. The van der Waals surface area contributed by atoms with Crippen molar-refractivity contribution in [2.24, 2.45) is 5.10 Å². The number of carbonyl (C=O) groups is 1. The van der Waals surface area contributed by atoms with Gasteiger partial charge in [-0.3, -0.25) is 10.2 Å². The van der Waals surface area contributed by atoms with Crippen molar-refractivity contribution >= 4 is 22.8 Å². The zero-order valence-corrected chi connectivity index (χ0v) is 8.69. The lowest BCUT2D eigenvalue weighted by Gasteiger charge is -2.11. The summed E-state index contributed by atoms with van der Waals surface area (Å²) in [5.74, 6) is 0.521. The number of hydrazone groups is 1. The van der Waals surface area contributed by atoms with E-state index in [9.17, 15) is 4.79 Å². The van der Waals surface area contributed by atoms with Crippen molar-refractivity contribution < 1.29 is 4.79 Å². The normalized spacial score (nSPS) is 24.7. The fraction of sp³-hybridized carbons (Fsp3) is 0.556. The molecule has 0 bridgehead atoms. The Labute approximate surface area is 87.2 Å². The summed E-state index contributed by atoms with van der Waals surface area (Å²) in [6.07, 6.45) is 6.87. The van der Waals surface area contributed by atoms with Crippen LogP contribution in [-0.4, -0.2) is 16.8 Å². The second-order valence-corrected chi connectivity index (χ2v) is 4.30. The second kappa shape index (κ2) is 4.50. The maximum absolute atomic E-state index is 10.8. The van der Waals surface area contributed by atoms with Crippen LogP contribution < -0.4 is 10.7 Å². The van der Waals surface area contributed by atoms with Crippen LogP contribution in [0.1, 0.15) is 25.7 Å². The topological polar surface area (TPSA) is 53.5 Å². The van der Waals surface area contributed by atoms with Crippen LogP contribution in [0.4, 0.5) is 0 Å². The van der Waals surface area contributed by atoms with Crippen LogP contribution in [0.25, 0.3) is 0 Å². The van der Waals surface area contributed by atoms with Gasteiger partial charge < -0.3 is 5.32 Å². The van der Waals surface area contributed by atoms with Gasteiger partial charge in [-0.05, 0) is 25.7 Å². The van der Waals surface area contributed by atoms with Crippen molar-refractivity contribution in [2.75, 3.05) is 5.75 Å². The molecule has 0 aromatic carbocycles. The fourth-order valence-corrected chi connectivity index (χ4v) is 2.08. The Morgan fingerprint density at radius 1 is 1.50 bits per heavy atom. The first-order valence-corrected chi connectivity index (χ1v) is 5.78. The molecule has 0 spiro atoms. The van der Waals surface area contributed by atoms with Crippen molar-refractivity contribution in [3.63, 3.8) is 0 Å². The molecule has 0 aromatic rings. The molecule has 0 atom stereocenters. The minimum absolute atomic E-state index is 0.0353. The fourth-order valence-electron chi connectivity index (χ4n) is 1.45. The molecule has 1 fully saturated rings. The van der Waals surface area contributed by atoms with Gasteiger partial charge in [-0.2, -0.15) is 5.10 Å². The first kappa shape index (κ1) is 9.58. The van der Waals surface area contributed by atoms with Crippen molar-refractivity contribution in [1.82, 2.24) is 10.7 Å². The van der Waals surface area contributed by atoms with Gasteiger partial charge in [-0.15, -0.1) is 0 Å². The molecule has 1 saturated heterocycles. The monoisotopic (exact) mass is 211 g/mol. The number of nitrogens with zero attached hydrogens (tertiary/aromatic N) is 1. The summed E-state index contributed by atoms with van der Waals surface area (Å²) in [4.78, 5) is 10.8. The highest BCUT2D eigenvalue weighted by molar-refractivity contribution is 8.15. The molecule has 0 aromatic heterocycles. The molecular formula is C9H13N3OS. The zero-order chi connectivity index (χ0) is 9.80. The van der Waals surface area contributed by atoms with E-state index in [0.717, 1.165) is 12.8 Å². The van der Waals surface area contributed by atoms with E-state index in [-0.39, 0.29) is 5.91 Å². The quantitative estimate of drug-likeness (QED) is 0.674. The standard InChI is InChI=1S/C9H13N3OS/c13-8-6-14-9(10-8)12-11-7-4-2-1-3-5-7/h4,11H,1-3,5-6H2,(H,10,12,13). The molecular weight excluding hydrogens is 198 g/mol. The van der Waals surface area contributed by atoms with Crippen LogP contribution in [0, 0.1) is 0 Å². The Balaban J connectivity index is 1.86. The van der Waals surface area contributed by atoms with E-state index in [1.165, 1.54) is 30.3 Å². The molecule has 2 rings (SSSR count). The smallest absolute Gasteiger partial charge is 0.236 e. The number of amides is 1. The van der Waals surface area contributed by atoms with Gasteiger partial charge in [0.1, 0.15) is 0 Å². The number of hydrogen-bond donors (Lipinski definition) is 2. The highest BCUT2D eigenvalue weighted by atomic mass is 32.2. The molecule has 2 aliphatic rings. The van der Waals surface area contributed by atoms with Gasteiger partial charge in [-0.1, -0.05) is 17.8 Å². The predicted molar refractivity (Wildman–Crippen MR) is 57.7 cm³/mol.